The molecule has 1 aliphatic rings. The maximum atomic E-state index is 9.51. The van der Waals surface area contributed by atoms with Crippen LogP contribution in [0.2, 0.25) is 0 Å². The van der Waals surface area contributed by atoms with Gasteiger partial charge in [-0.1, -0.05) is 12.1 Å². The first-order valence-electron chi connectivity index (χ1n) is 4.69. The van der Waals surface area contributed by atoms with Gasteiger partial charge in [0.1, 0.15) is 0 Å². The number of benzene rings is 1. The van der Waals surface area contributed by atoms with E-state index in [0.29, 0.717) is 6.54 Å². The van der Waals surface area contributed by atoms with Gasteiger partial charge < -0.3 is 10.4 Å². The molecule has 1 aliphatic heterocycles. The van der Waals surface area contributed by atoms with E-state index in [1.807, 2.05) is 0 Å². The molecular formula is C11H15NO. The third-order valence-electron chi connectivity index (χ3n) is 2.71. The second-order valence-electron chi connectivity index (χ2n) is 3.79. The third kappa shape index (κ3) is 1.42. The lowest BCUT2D eigenvalue weighted by Crippen LogP contribution is -2.28. The first kappa shape index (κ1) is 8.57. The second kappa shape index (κ2) is 3.04. The lowest BCUT2D eigenvalue weighted by atomic mass is 9.94. The maximum Gasteiger partial charge on any atom is 0.0753 e. The zero-order chi connectivity index (χ0) is 9.42. The number of anilines is 1. The van der Waals surface area contributed by atoms with Crippen molar-refractivity contribution in [3.63, 3.8) is 0 Å². The van der Waals surface area contributed by atoms with Crippen LogP contribution in [-0.4, -0.2) is 17.8 Å². The molecule has 0 saturated heterocycles. The fourth-order valence-corrected chi connectivity index (χ4v) is 1.91. The minimum Gasteiger partial charge on any atom is -0.391 e. The molecule has 0 amide bonds. The topological polar surface area (TPSA) is 32.3 Å². The van der Waals surface area contributed by atoms with E-state index in [-0.39, 0.29) is 6.10 Å². The molecule has 0 aliphatic carbocycles. The largest absolute Gasteiger partial charge is 0.391 e. The summed E-state index contributed by atoms with van der Waals surface area (Å²) in [5, 5.41) is 12.8. The number of aliphatic hydroxyl groups excluding tert-OH is 1. The molecule has 0 radical (unpaired) electrons. The molecule has 1 aromatic carbocycles. The minimum absolute atomic E-state index is 0.229. The van der Waals surface area contributed by atoms with Crippen molar-refractivity contribution in [1.29, 1.82) is 0 Å². The van der Waals surface area contributed by atoms with E-state index in [9.17, 15) is 5.11 Å². The Kier molecular flexibility index (Phi) is 2.00. The number of nitrogens with one attached hydrogen (secondary N) is 1. The summed E-state index contributed by atoms with van der Waals surface area (Å²) in [6, 6.07) is 4.24. The molecular weight excluding hydrogens is 162 g/mol. The van der Waals surface area contributed by atoms with Crippen LogP contribution in [-0.2, 0) is 6.42 Å². The van der Waals surface area contributed by atoms with Gasteiger partial charge in [-0.2, -0.15) is 0 Å². The third-order valence-corrected chi connectivity index (χ3v) is 2.71. The normalized spacial score (nSPS) is 20.7. The average molecular weight is 177 g/mol. The summed E-state index contributed by atoms with van der Waals surface area (Å²) in [5.74, 6) is 0. The molecule has 1 atom stereocenters. The fourth-order valence-electron chi connectivity index (χ4n) is 1.91. The average Bonchev–Trinajstić information content (AvgIpc) is 2.12. The monoisotopic (exact) mass is 177 g/mol. The summed E-state index contributed by atoms with van der Waals surface area (Å²) < 4.78 is 0. The van der Waals surface area contributed by atoms with Gasteiger partial charge in [0.2, 0.25) is 0 Å². The fraction of sp³-hybridized carbons (Fsp3) is 0.455. The Morgan fingerprint density at radius 2 is 2.00 bits per heavy atom. The Morgan fingerprint density at radius 3 is 2.77 bits per heavy atom. The van der Waals surface area contributed by atoms with Gasteiger partial charge in [-0.15, -0.1) is 0 Å². The zero-order valence-electron chi connectivity index (χ0n) is 8.09. The molecule has 2 rings (SSSR count). The molecule has 2 heteroatoms. The highest BCUT2D eigenvalue weighted by molar-refractivity contribution is 5.61. The van der Waals surface area contributed by atoms with Crippen LogP contribution in [0.15, 0.2) is 12.1 Å². The van der Waals surface area contributed by atoms with Crippen molar-refractivity contribution in [3.8, 4) is 0 Å². The van der Waals surface area contributed by atoms with Crippen molar-refractivity contribution in [2.45, 2.75) is 26.4 Å². The zero-order valence-corrected chi connectivity index (χ0v) is 8.09. The van der Waals surface area contributed by atoms with Crippen LogP contribution in [0.25, 0.3) is 0 Å². The smallest absolute Gasteiger partial charge is 0.0753 e. The Labute approximate surface area is 78.6 Å². The van der Waals surface area contributed by atoms with Gasteiger partial charge in [0.25, 0.3) is 0 Å². The van der Waals surface area contributed by atoms with E-state index in [2.05, 4.69) is 31.3 Å². The Bertz CT molecular complexity index is 333. The van der Waals surface area contributed by atoms with Crippen LogP contribution in [0.1, 0.15) is 16.7 Å². The Hall–Kier alpha value is -1.02. The Morgan fingerprint density at radius 1 is 1.31 bits per heavy atom. The summed E-state index contributed by atoms with van der Waals surface area (Å²) in [5.41, 5.74) is 5.04. The van der Waals surface area contributed by atoms with Gasteiger partial charge in [0.05, 0.1) is 6.10 Å². The molecule has 2 N–H and O–H groups in total. The van der Waals surface area contributed by atoms with E-state index < -0.39 is 0 Å². The van der Waals surface area contributed by atoms with Crippen molar-refractivity contribution in [2.24, 2.45) is 0 Å². The van der Waals surface area contributed by atoms with Crippen LogP contribution >= 0.6 is 0 Å². The van der Waals surface area contributed by atoms with Gasteiger partial charge >= 0.3 is 0 Å². The number of fused-ring (bicyclic) bond motifs is 1. The lowest BCUT2D eigenvalue weighted by molar-refractivity contribution is 0.184. The maximum absolute atomic E-state index is 9.51. The number of β-amino-alcohol motifs (C(OH)–C–C–N with tert-alkyl or cyclic N) is 1. The van der Waals surface area contributed by atoms with Gasteiger partial charge in [-0.05, 0) is 30.5 Å². The second-order valence-corrected chi connectivity index (χ2v) is 3.79. The highest BCUT2D eigenvalue weighted by Crippen LogP contribution is 2.28. The van der Waals surface area contributed by atoms with Crippen molar-refractivity contribution in [3.05, 3.63) is 28.8 Å². The van der Waals surface area contributed by atoms with Gasteiger partial charge in [0.15, 0.2) is 0 Å². The van der Waals surface area contributed by atoms with Gasteiger partial charge in [-0.3, -0.25) is 0 Å². The van der Waals surface area contributed by atoms with Crippen LogP contribution in [0, 0.1) is 13.8 Å². The molecule has 1 heterocycles. The summed E-state index contributed by atoms with van der Waals surface area (Å²) in [6.07, 6.45) is 0.559. The van der Waals surface area contributed by atoms with Crippen molar-refractivity contribution >= 4 is 5.69 Å². The van der Waals surface area contributed by atoms with Crippen molar-refractivity contribution in [1.82, 2.24) is 0 Å². The molecule has 13 heavy (non-hydrogen) atoms. The van der Waals surface area contributed by atoms with E-state index in [1.54, 1.807) is 0 Å². The van der Waals surface area contributed by atoms with E-state index in [4.69, 9.17) is 0 Å². The molecule has 0 spiro atoms. The first-order chi connectivity index (χ1) is 6.18. The van der Waals surface area contributed by atoms with E-state index in [1.165, 1.54) is 22.4 Å². The summed E-state index contributed by atoms with van der Waals surface area (Å²) in [7, 11) is 0. The molecule has 2 nitrogen and oxygen atoms in total. The lowest BCUT2D eigenvalue weighted by Gasteiger charge is -2.25. The molecule has 0 bridgehead atoms. The van der Waals surface area contributed by atoms with Crippen LogP contribution < -0.4 is 5.32 Å². The number of aliphatic hydroxyl groups is 1. The van der Waals surface area contributed by atoms with Gasteiger partial charge in [-0.25, -0.2) is 0 Å². The number of hydrogen-bond acceptors (Lipinski definition) is 2. The van der Waals surface area contributed by atoms with E-state index in [0.717, 1.165) is 6.42 Å². The molecule has 1 aromatic rings. The van der Waals surface area contributed by atoms with Gasteiger partial charge in [0, 0.05) is 18.7 Å². The van der Waals surface area contributed by atoms with Crippen LogP contribution in [0.3, 0.4) is 0 Å². The SMILES string of the molecule is Cc1ccc(C)c2c1CC(O)CN2. The summed E-state index contributed by atoms with van der Waals surface area (Å²) in [6.45, 7) is 4.87. The highest BCUT2D eigenvalue weighted by atomic mass is 16.3. The predicted octanol–water partition coefficient (Wildman–Crippen LogP) is 1.63. The quantitative estimate of drug-likeness (QED) is 0.631. The van der Waals surface area contributed by atoms with Crippen molar-refractivity contribution < 1.29 is 5.11 Å². The first-order valence-corrected chi connectivity index (χ1v) is 4.69. The number of rotatable bonds is 0. The molecule has 70 valence electrons. The predicted molar refractivity (Wildman–Crippen MR) is 54.1 cm³/mol. The molecule has 0 saturated carbocycles. The summed E-state index contributed by atoms with van der Waals surface area (Å²) in [4.78, 5) is 0. The standard InChI is InChI=1S/C11H15NO/c1-7-3-4-8(2)11-10(7)5-9(13)6-12-11/h3-4,9,12-13H,5-6H2,1-2H3. The molecule has 0 aromatic heterocycles. The minimum atomic E-state index is -0.229. The molecule has 0 fully saturated rings. The summed E-state index contributed by atoms with van der Waals surface area (Å²) >= 11 is 0. The number of hydrogen-bond donors (Lipinski definition) is 2. The van der Waals surface area contributed by atoms with Crippen LogP contribution in [0.5, 0.6) is 0 Å². The Balaban J connectivity index is 2.51. The molecule has 1 unspecified atom stereocenters. The highest BCUT2D eigenvalue weighted by Gasteiger charge is 2.18. The van der Waals surface area contributed by atoms with E-state index >= 15 is 0 Å². The van der Waals surface area contributed by atoms with Crippen LogP contribution in [0.4, 0.5) is 5.69 Å². The van der Waals surface area contributed by atoms with Crippen molar-refractivity contribution in [2.75, 3.05) is 11.9 Å². The number of aryl methyl sites for hydroxylation is 2.